The van der Waals surface area contributed by atoms with E-state index in [0.29, 0.717) is 6.61 Å². The summed E-state index contributed by atoms with van der Waals surface area (Å²) in [7, 11) is 0. The van der Waals surface area contributed by atoms with E-state index in [1.807, 2.05) is 0 Å². The first kappa shape index (κ1) is 26.7. The average Bonchev–Trinajstić information content (AvgIpc) is 2.48. The van der Waals surface area contributed by atoms with Gasteiger partial charge in [0, 0.05) is 5.57 Å². The largest absolute Gasteiger partial charge is 0.478 e. The number of benzene rings is 1. The van der Waals surface area contributed by atoms with E-state index in [0.717, 1.165) is 0 Å². The molecule has 0 spiro atoms. The Bertz CT molecular complexity index is 570. The Labute approximate surface area is 148 Å². The number of carboxylic acids is 3. The molecule has 0 aliphatic rings. The van der Waals surface area contributed by atoms with Gasteiger partial charge in [-0.25, -0.2) is 19.2 Å². The SMILES string of the molecule is C=C(C)C(=O)O.CCOC(N)=O.O=C(O)c1ccccc1C(=O)O.[SiH4]. The minimum absolute atomic E-state index is 0. The van der Waals surface area contributed by atoms with Gasteiger partial charge in [-0.15, -0.1) is 0 Å². The topological polar surface area (TPSA) is 164 Å². The number of rotatable bonds is 4. The molecule has 0 aliphatic heterocycles. The Morgan fingerprint density at radius 1 is 1.04 bits per heavy atom. The Kier molecular flexibility index (Phi) is 15.5. The summed E-state index contributed by atoms with van der Waals surface area (Å²) in [5.41, 5.74) is 4.34. The number of carboxylic acid groups (broad SMARTS) is 3. The van der Waals surface area contributed by atoms with Crippen molar-refractivity contribution in [2.24, 2.45) is 5.73 Å². The number of hydrogen-bond acceptors (Lipinski definition) is 5. The Morgan fingerprint density at radius 3 is 1.48 bits per heavy atom. The van der Waals surface area contributed by atoms with Crippen LogP contribution in [-0.2, 0) is 9.53 Å². The molecule has 0 fully saturated rings. The first-order valence-electron chi connectivity index (χ1n) is 6.41. The van der Waals surface area contributed by atoms with Gasteiger partial charge in [0.25, 0.3) is 0 Å². The normalized spacial score (nSPS) is 8.08. The molecule has 25 heavy (non-hydrogen) atoms. The van der Waals surface area contributed by atoms with E-state index < -0.39 is 24.0 Å². The second kappa shape index (κ2) is 14.4. The predicted molar refractivity (Wildman–Crippen MR) is 95.4 cm³/mol. The number of primary amides is 1. The minimum atomic E-state index is -1.23. The van der Waals surface area contributed by atoms with E-state index in [4.69, 9.17) is 15.3 Å². The van der Waals surface area contributed by atoms with Crippen LogP contribution in [0.1, 0.15) is 34.6 Å². The second-order valence-electron chi connectivity index (χ2n) is 3.99. The molecule has 0 atom stereocenters. The summed E-state index contributed by atoms with van der Waals surface area (Å²) in [5.74, 6) is -3.39. The third-order valence-electron chi connectivity index (χ3n) is 2.04. The molecule has 9 nitrogen and oxygen atoms in total. The Morgan fingerprint density at radius 2 is 1.36 bits per heavy atom. The molecule has 0 aliphatic carbocycles. The van der Waals surface area contributed by atoms with Gasteiger partial charge in [-0.3, -0.25) is 0 Å². The van der Waals surface area contributed by atoms with Gasteiger partial charge in [-0.1, -0.05) is 18.7 Å². The van der Waals surface area contributed by atoms with Crippen molar-refractivity contribution in [3.8, 4) is 0 Å². The molecule has 5 N–H and O–H groups in total. The van der Waals surface area contributed by atoms with E-state index >= 15 is 0 Å². The van der Waals surface area contributed by atoms with E-state index in [-0.39, 0.29) is 27.7 Å². The Hall–Kier alpha value is -3.14. The van der Waals surface area contributed by atoms with E-state index in [9.17, 15) is 19.2 Å². The maximum absolute atomic E-state index is 10.5. The van der Waals surface area contributed by atoms with Gasteiger partial charge in [0.1, 0.15) is 0 Å². The van der Waals surface area contributed by atoms with Crippen LogP contribution in [-0.4, -0.2) is 56.9 Å². The summed E-state index contributed by atoms with van der Waals surface area (Å²) in [5, 5.41) is 25.0. The number of aliphatic carboxylic acids is 1. The fourth-order valence-corrected chi connectivity index (χ4v) is 0.998. The van der Waals surface area contributed by atoms with Crippen molar-refractivity contribution < 1.29 is 39.2 Å². The molecule has 10 heteroatoms. The standard InChI is InChI=1S/C8H6O4.C4H6O2.C3H7NO2.H4Si/c9-7(10)5-3-1-2-4-6(5)8(11)12;1-3(2)4(5)6;1-2-6-3(4)5;/h1-4H,(H,9,10)(H,11,12);1H2,2H3,(H,5,6);2H2,1H3,(H2,4,5);1H4. The lowest BCUT2D eigenvalue weighted by Crippen LogP contribution is -2.11. The van der Waals surface area contributed by atoms with Crippen LogP contribution in [0.3, 0.4) is 0 Å². The van der Waals surface area contributed by atoms with Crippen molar-refractivity contribution in [3.05, 3.63) is 47.5 Å². The number of hydrogen-bond donors (Lipinski definition) is 4. The van der Waals surface area contributed by atoms with Crippen molar-refractivity contribution >= 4 is 35.0 Å². The van der Waals surface area contributed by atoms with Crippen LogP contribution in [0.25, 0.3) is 0 Å². The highest BCUT2D eigenvalue weighted by Gasteiger charge is 2.13. The lowest BCUT2D eigenvalue weighted by atomic mass is 10.1. The maximum atomic E-state index is 10.5. The lowest BCUT2D eigenvalue weighted by Gasteiger charge is -1.98. The molecule has 0 heterocycles. The van der Waals surface area contributed by atoms with Gasteiger partial charge < -0.3 is 25.8 Å². The minimum Gasteiger partial charge on any atom is -0.478 e. The molecule has 1 amide bonds. The predicted octanol–water partition coefficient (Wildman–Crippen LogP) is 0.380. The summed E-state index contributed by atoms with van der Waals surface area (Å²) in [4.78, 5) is 40.1. The van der Waals surface area contributed by atoms with E-state index in [1.165, 1.54) is 31.2 Å². The van der Waals surface area contributed by atoms with Gasteiger partial charge in [0.15, 0.2) is 0 Å². The van der Waals surface area contributed by atoms with Crippen molar-refractivity contribution in [1.29, 1.82) is 0 Å². The lowest BCUT2D eigenvalue weighted by molar-refractivity contribution is -0.132. The number of ether oxygens (including phenoxy) is 1. The zero-order valence-corrected chi connectivity index (χ0v) is 13.2. The van der Waals surface area contributed by atoms with Gasteiger partial charge in [-0.2, -0.15) is 0 Å². The third kappa shape index (κ3) is 14.2. The van der Waals surface area contributed by atoms with Crippen molar-refractivity contribution in [3.63, 3.8) is 0 Å². The summed E-state index contributed by atoms with van der Waals surface area (Å²) in [6.45, 7) is 6.66. The number of carbonyl (C=O) groups excluding carboxylic acids is 1. The van der Waals surface area contributed by atoms with Gasteiger partial charge in [0.2, 0.25) is 0 Å². The van der Waals surface area contributed by atoms with E-state index in [2.05, 4.69) is 17.0 Å². The highest BCUT2D eigenvalue weighted by atomic mass is 28.1. The van der Waals surface area contributed by atoms with Crippen LogP contribution in [0.15, 0.2) is 36.4 Å². The molecule has 0 saturated heterocycles. The first-order chi connectivity index (χ1) is 11.0. The van der Waals surface area contributed by atoms with Crippen LogP contribution in [0.2, 0.25) is 0 Å². The van der Waals surface area contributed by atoms with Crippen LogP contribution in [0, 0.1) is 0 Å². The summed E-state index contributed by atoms with van der Waals surface area (Å²) in [6, 6.07) is 5.48. The van der Waals surface area contributed by atoms with Crippen LogP contribution < -0.4 is 5.73 Å². The fourth-order valence-electron chi connectivity index (χ4n) is 0.998. The highest BCUT2D eigenvalue weighted by Crippen LogP contribution is 2.07. The molecular weight excluding hydrogens is 350 g/mol. The van der Waals surface area contributed by atoms with E-state index in [1.54, 1.807) is 6.92 Å². The monoisotopic (exact) mass is 373 g/mol. The van der Waals surface area contributed by atoms with Crippen molar-refractivity contribution in [2.75, 3.05) is 6.61 Å². The second-order valence-corrected chi connectivity index (χ2v) is 3.99. The number of aromatic carboxylic acids is 2. The van der Waals surface area contributed by atoms with Crippen molar-refractivity contribution in [1.82, 2.24) is 0 Å². The molecule has 0 bridgehead atoms. The number of nitrogens with two attached hydrogens (primary N) is 1. The zero-order chi connectivity index (χ0) is 19.3. The molecule has 1 aromatic carbocycles. The molecule has 1 aromatic rings. The quantitative estimate of drug-likeness (QED) is 0.434. The first-order valence-corrected chi connectivity index (χ1v) is 6.41. The smallest absolute Gasteiger partial charge is 0.404 e. The molecule has 0 unspecified atom stereocenters. The highest BCUT2D eigenvalue weighted by molar-refractivity contribution is 6.01. The number of carbonyl (C=O) groups is 4. The molecule has 0 radical (unpaired) electrons. The van der Waals surface area contributed by atoms with Crippen LogP contribution in [0.4, 0.5) is 4.79 Å². The Balaban J connectivity index is -0.000000319. The van der Waals surface area contributed by atoms with Gasteiger partial charge in [-0.05, 0) is 36.9 Å². The summed E-state index contributed by atoms with van der Waals surface area (Å²) in [6.07, 6.45) is -0.711. The van der Waals surface area contributed by atoms with Gasteiger partial charge >= 0.3 is 24.0 Å². The van der Waals surface area contributed by atoms with Crippen LogP contribution >= 0.6 is 0 Å². The molecule has 0 aromatic heterocycles. The van der Waals surface area contributed by atoms with Crippen LogP contribution in [0.5, 0.6) is 0 Å². The number of amides is 1. The molecule has 0 saturated carbocycles. The zero-order valence-electron chi connectivity index (χ0n) is 13.2. The molecule has 140 valence electrons. The average molecular weight is 373 g/mol. The third-order valence-corrected chi connectivity index (χ3v) is 2.04. The van der Waals surface area contributed by atoms with Gasteiger partial charge in [0.05, 0.1) is 17.7 Å². The molecular formula is C15H23NO8Si. The fraction of sp³-hybridized carbons (Fsp3) is 0.200. The molecule has 1 rings (SSSR count). The summed E-state index contributed by atoms with van der Waals surface area (Å²) < 4.78 is 4.18. The van der Waals surface area contributed by atoms with Crippen molar-refractivity contribution in [2.45, 2.75) is 13.8 Å². The summed E-state index contributed by atoms with van der Waals surface area (Å²) >= 11 is 0. The maximum Gasteiger partial charge on any atom is 0.404 e.